The third-order valence-corrected chi connectivity index (χ3v) is 2.39. The van der Waals surface area contributed by atoms with Crippen LogP contribution in [0.15, 0.2) is 0 Å². The number of likely N-dealkylation sites (tertiary alicyclic amines) is 1. The quantitative estimate of drug-likeness (QED) is 0.636. The largest absolute Gasteiger partial charge is 0.391 e. The smallest absolute Gasteiger partial charge is 0.239 e. The molecule has 1 fully saturated rings. The predicted octanol–water partition coefficient (Wildman–Crippen LogP) is -0.293. The molecule has 0 aliphatic carbocycles. The van der Waals surface area contributed by atoms with Crippen LogP contribution >= 0.6 is 0 Å². The van der Waals surface area contributed by atoms with Crippen LogP contribution in [0.3, 0.4) is 0 Å². The average molecular weight is 186 g/mol. The van der Waals surface area contributed by atoms with Gasteiger partial charge in [-0.15, -0.1) is 0 Å². The maximum atomic E-state index is 11.6. The number of aliphatic hydroxyl groups excluding tert-OH is 1. The van der Waals surface area contributed by atoms with Crippen molar-refractivity contribution in [2.24, 2.45) is 5.73 Å². The summed E-state index contributed by atoms with van der Waals surface area (Å²) in [5, 5.41) is 9.23. The third-order valence-electron chi connectivity index (χ3n) is 2.39. The molecular formula is C9H18N2O2. The summed E-state index contributed by atoms with van der Waals surface area (Å²) in [4.78, 5) is 13.2. The molecule has 1 heterocycles. The second-order valence-corrected chi connectivity index (χ2v) is 3.62. The van der Waals surface area contributed by atoms with Crippen molar-refractivity contribution in [3.63, 3.8) is 0 Å². The monoisotopic (exact) mass is 186 g/mol. The lowest BCUT2D eigenvalue weighted by Crippen LogP contribution is -2.42. The van der Waals surface area contributed by atoms with Gasteiger partial charge in [-0.25, -0.2) is 0 Å². The van der Waals surface area contributed by atoms with Gasteiger partial charge in [0.2, 0.25) is 5.91 Å². The normalized spacial score (nSPS) is 24.8. The highest BCUT2D eigenvalue weighted by Crippen LogP contribution is 2.10. The minimum atomic E-state index is -0.379. The van der Waals surface area contributed by atoms with Gasteiger partial charge in [0.05, 0.1) is 12.1 Å². The zero-order valence-corrected chi connectivity index (χ0v) is 8.07. The summed E-state index contributed by atoms with van der Waals surface area (Å²) >= 11 is 0. The molecule has 1 aliphatic heterocycles. The van der Waals surface area contributed by atoms with Crippen LogP contribution in [-0.2, 0) is 4.79 Å². The van der Waals surface area contributed by atoms with Crippen molar-refractivity contribution >= 4 is 5.91 Å². The number of aliphatic hydroxyl groups is 1. The Bertz CT molecular complexity index is 184. The van der Waals surface area contributed by atoms with Gasteiger partial charge in [-0.1, -0.05) is 13.3 Å². The number of nitrogens with two attached hydrogens (primary N) is 1. The number of β-amino-alcohol motifs (C(OH)–C–C–N with tert-alkyl or cyclic N) is 1. The highest BCUT2D eigenvalue weighted by Gasteiger charge is 2.27. The molecular weight excluding hydrogens is 168 g/mol. The molecule has 0 bridgehead atoms. The summed E-state index contributed by atoms with van der Waals surface area (Å²) in [6, 6.07) is -0.379. The number of rotatable bonds is 3. The van der Waals surface area contributed by atoms with Gasteiger partial charge >= 0.3 is 0 Å². The molecule has 13 heavy (non-hydrogen) atoms. The van der Waals surface area contributed by atoms with Crippen molar-refractivity contribution in [1.82, 2.24) is 4.90 Å². The van der Waals surface area contributed by atoms with Gasteiger partial charge < -0.3 is 15.7 Å². The molecule has 2 atom stereocenters. The van der Waals surface area contributed by atoms with Crippen LogP contribution < -0.4 is 5.73 Å². The van der Waals surface area contributed by atoms with Crippen molar-refractivity contribution < 1.29 is 9.90 Å². The molecule has 4 heteroatoms. The Morgan fingerprint density at radius 3 is 2.92 bits per heavy atom. The summed E-state index contributed by atoms with van der Waals surface area (Å²) in [5.74, 6) is -0.0154. The summed E-state index contributed by atoms with van der Waals surface area (Å²) in [6.45, 7) is 3.11. The Morgan fingerprint density at radius 1 is 1.77 bits per heavy atom. The Kier molecular flexibility index (Phi) is 3.69. The van der Waals surface area contributed by atoms with Crippen LogP contribution in [0.5, 0.6) is 0 Å². The Labute approximate surface area is 78.7 Å². The Morgan fingerprint density at radius 2 is 2.46 bits per heavy atom. The fourth-order valence-corrected chi connectivity index (χ4v) is 1.61. The van der Waals surface area contributed by atoms with Gasteiger partial charge in [0.1, 0.15) is 0 Å². The zero-order valence-electron chi connectivity index (χ0n) is 8.07. The van der Waals surface area contributed by atoms with Crippen LogP contribution in [0.2, 0.25) is 0 Å². The second kappa shape index (κ2) is 4.58. The van der Waals surface area contributed by atoms with Crippen LogP contribution in [-0.4, -0.2) is 41.1 Å². The minimum Gasteiger partial charge on any atom is -0.391 e. The lowest BCUT2D eigenvalue weighted by Gasteiger charge is -2.19. The van der Waals surface area contributed by atoms with Crippen molar-refractivity contribution in [1.29, 1.82) is 0 Å². The second-order valence-electron chi connectivity index (χ2n) is 3.62. The topological polar surface area (TPSA) is 66.6 Å². The van der Waals surface area contributed by atoms with E-state index in [4.69, 9.17) is 5.73 Å². The van der Waals surface area contributed by atoms with Crippen molar-refractivity contribution in [3.8, 4) is 0 Å². The van der Waals surface area contributed by atoms with Gasteiger partial charge in [-0.05, 0) is 12.8 Å². The van der Waals surface area contributed by atoms with Crippen molar-refractivity contribution in [2.75, 3.05) is 13.1 Å². The molecule has 1 aliphatic rings. The lowest BCUT2D eigenvalue weighted by atomic mass is 10.1. The lowest BCUT2D eigenvalue weighted by molar-refractivity contribution is -0.132. The molecule has 0 spiro atoms. The highest BCUT2D eigenvalue weighted by molar-refractivity contribution is 5.81. The van der Waals surface area contributed by atoms with Crippen LogP contribution in [0, 0.1) is 0 Å². The number of amides is 1. The molecule has 1 saturated heterocycles. The van der Waals surface area contributed by atoms with Gasteiger partial charge in [-0.2, -0.15) is 0 Å². The van der Waals surface area contributed by atoms with E-state index in [-0.39, 0.29) is 18.1 Å². The van der Waals surface area contributed by atoms with Gasteiger partial charge in [-0.3, -0.25) is 4.79 Å². The number of hydrogen-bond donors (Lipinski definition) is 2. The minimum absolute atomic E-state index is 0.0154. The Hall–Kier alpha value is -0.610. The first-order chi connectivity index (χ1) is 6.15. The summed E-state index contributed by atoms with van der Waals surface area (Å²) in [7, 11) is 0. The number of carbonyl (C=O) groups is 1. The van der Waals surface area contributed by atoms with E-state index in [0.29, 0.717) is 19.5 Å². The summed E-state index contributed by atoms with van der Waals surface area (Å²) < 4.78 is 0. The molecule has 3 N–H and O–H groups in total. The van der Waals surface area contributed by atoms with E-state index in [1.165, 1.54) is 0 Å². The van der Waals surface area contributed by atoms with E-state index in [1.54, 1.807) is 4.90 Å². The predicted molar refractivity (Wildman–Crippen MR) is 50.1 cm³/mol. The van der Waals surface area contributed by atoms with E-state index < -0.39 is 0 Å². The molecule has 76 valence electrons. The van der Waals surface area contributed by atoms with Crippen LogP contribution in [0.4, 0.5) is 0 Å². The highest BCUT2D eigenvalue weighted by atomic mass is 16.3. The molecule has 0 aromatic rings. The molecule has 0 radical (unpaired) electrons. The van der Waals surface area contributed by atoms with Crippen molar-refractivity contribution in [2.45, 2.75) is 38.3 Å². The van der Waals surface area contributed by atoms with Crippen molar-refractivity contribution in [3.05, 3.63) is 0 Å². The van der Waals surface area contributed by atoms with Gasteiger partial charge in [0, 0.05) is 13.1 Å². The maximum Gasteiger partial charge on any atom is 0.239 e. The molecule has 0 aromatic heterocycles. The molecule has 4 nitrogen and oxygen atoms in total. The van der Waals surface area contributed by atoms with Crippen LogP contribution in [0.25, 0.3) is 0 Å². The first-order valence-electron chi connectivity index (χ1n) is 4.87. The molecule has 0 aromatic carbocycles. The maximum absolute atomic E-state index is 11.6. The fraction of sp³-hybridized carbons (Fsp3) is 0.889. The van der Waals surface area contributed by atoms with E-state index in [9.17, 15) is 9.90 Å². The van der Waals surface area contributed by atoms with E-state index >= 15 is 0 Å². The third kappa shape index (κ3) is 2.67. The standard InChI is InChI=1S/C9H18N2O2/c1-2-3-8(10)9(13)11-5-4-7(12)6-11/h7-8,12H,2-6,10H2,1H3/t7-,8+/m1/s1. The first-order valence-corrected chi connectivity index (χ1v) is 4.87. The van der Waals surface area contributed by atoms with Gasteiger partial charge in [0.25, 0.3) is 0 Å². The molecule has 1 amide bonds. The SMILES string of the molecule is CCC[C@H](N)C(=O)N1CC[C@@H](O)C1. The van der Waals surface area contributed by atoms with E-state index in [2.05, 4.69) is 0 Å². The number of nitrogens with zero attached hydrogens (tertiary/aromatic N) is 1. The zero-order chi connectivity index (χ0) is 9.84. The summed E-state index contributed by atoms with van der Waals surface area (Å²) in [5.41, 5.74) is 5.68. The Balaban J connectivity index is 2.38. The molecule has 0 saturated carbocycles. The van der Waals surface area contributed by atoms with E-state index in [0.717, 1.165) is 12.8 Å². The number of carbonyl (C=O) groups excluding carboxylic acids is 1. The average Bonchev–Trinajstić information content (AvgIpc) is 2.51. The van der Waals surface area contributed by atoms with Crippen LogP contribution in [0.1, 0.15) is 26.2 Å². The fourth-order valence-electron chi connectivity index (χ4n) is 1.61. The summed E-state index contributed by atoms with van der Waals surface area (Å²) in [6.07, 6.45) is 1.98. The first kappa shape index (κ1) is 10.5. The molecule has 0 unspecified atom stereocenters. The van der Waals surface area contributed by atoms with E-state index in [1.807, 2.05) is 6.92 Å². The molecule has 1 rings (SSSR count). The number of hydrogen-bond acceptors (Lipinski definition) is 3. The van der Waals surface area contributed by atoms with Gasteiger partial charge in [0.15, 0.2) is 0 Å².